The first-order valence-electron chi connectivity index (χ1n) is 8.40. The smallest absolute Gasteiger partial charge is 0.271 e. The topological polar surface area (TPSA) is 75.4 Å². The number of pyridine rings is 1. The van der Waals surface area contributed by atoms with Crippen molar-refractivity contribution in [1.82, 2.24) is 29.6 Å². The van der Waals surface area contributed by atoms with Crippen LogP contribution in [0.2, 0.25) is 0 Å². The molecule has 1 saturated heterocycles. The highest BCUT2D eigenvalue weighted by Crippen LogP contribution is 2.35. The fourth-order valence-corrected chi connectivity index (χ4v) is 3.57. The van der Waals surface area contributed by atoms with Gasteiger partial charge >= 0.3 is 0 Å². The number of rotatable bonds is 4. The number of aromatic nitrogens is 4. The third-order valence-corrected chi connectivity index (χ3v) is 4.79. The van der Waals surface area contributed by atoms with E-state index in [0.717, 1.165) is 13.0 Å². The molecule has 0 radical (unpaired) electrons. The summed E-state index contributed by atoms with van der Waals surface area (Å²) in [5.41, 5.74) is 1.58. The molecule has 0 saturated carbocycles. The molecule has 128 valence electrons. The number of amides is 1. The van der Waals surface area contributed by atoms with Crippen LogP contribution >= 0.6 is 0 Å². The molecule has 25 heavy (non-hydrogen) atoms. The van der Waals surface area contributed by atoms with Gasteiger partial charge in [0, 0.05) is 43.6 Å². The number of hydrogen-bond donors (Lipinski definition) is 1. The number of imidazole rings is 1. The van der Waals surface area contributed by atoms with E-state index < -0.39 is 0 Å². The Morgan fingerprint density at radius 2 is 2.28 bits per heavy atom. The second-order valence-electron chi connectivity index (χ2n) is 6.42. The minimum atomic E-state index is -0.162. The van der Waals surface area contributed by atoms with E-state index in [0.29, 0.717) is 23.9 Å². The van der Waals surface area contributed by atoms with Crippen molar-refractivity contribution in [2.45, 2.75) is 12.5 Å². The number of likely N-dealkylation sites (tertiary alicyclic amines) is 1. The summed E-state index contributed by atoms with van der Waals surface area (Å²) in [6, 6.07) is 6.14. The van der Waals surface area contributed by atoms with E-state index in [-0.39, 0.29) is 11.9 Å². The summed E-state index contributed by atoms with van der Waals surface area (Å²) in [7, 11) is 2.12. The lowest BCUT2D eigenvalue weighted by Crippen LogP contribution is -2.32. The molecule has 3 aromatic heterocycles. The van der Waals surface area contributed by atoms with Gasteiger partial charge in [0.15, 0.2) is 0 Å². The molecule has 7 heteroatoms. The minimum absolute atomic E-state index is 0.162. The lowest BCUT2D eigenvalue weighted by molar-refractivity contribution is 0.0939. The van der Waals surface area contributed by atoms with Gasteiger partial charge in [-0.25, -0.2) is 9.97 Å². The number of nitrogens with one attached hydrogen (secondary N) is 1. The molecule has 7 nitrogen and oxygen atoms in total. The van der Waals surface area contributed by atoms with E-state index in [1.807, 2.05) is 24.5 Å². The largest absolute Gasteiger partial charge is 0.350 e. The van der Waals surface area contributed by atoms with Crippen molar-refractivity contribution < 1.29 is 4.79 Å². The van der Waals surface area contributed by atoms with Gasteiger partial charge in [0.25, 0.3) is 5.91 Å². The van der Waals surface area contributed by atoms with Crippen molar-refractivity contribution in [3.8, 4) is 0 Å². The summed E-state index contributed by atoms with van der Waals surface area (Å²) in [5, 5.41) is 3.03. The van der Waals surface area contributed by atoms with Crippen LogP contribution in [0.1, 0.15) is 28.5 Å². The molecule has 0 aliphatic carbocycles. The summed E-state index contributed by atoms with van der Waals surface area (Å²) in [5.74, 6) is 0.722. The molecule has 2 atom stereocenters. The number of carbonyl (C=O) groups is 1. The summed E-state index contributed by atoms with van der Waals surface area (Å²) < 4.78 is 1.75. The molecule has 4 heterocycles. The first-order valence-corrected chi connectivity index (χ1v) is 8.40. The second kappa shape index (κ2) is 6.60. The molecule has 1 fully saturated rings. The van der Waals surface area contributed by atoms with Gasteiger partial charge in [-0.3, -0.25) is 19.1 Å². The molecule has 1 amide bonds. The summed E-state index contributed by atoms with van der Waals surface area (Å²) in [6.45, 7) is 1.63. The fraction of sp³-hybridized carbons (Fsp3) is 0.333. The van der Waals surface area contributed by atoms with Crippen LogP contribution in [-0.4, -0.2) is 50.3 Å². The molecule has 0 unspecified atom stereocenters. The third-order valence-electron chi connectivity index (χ3n) is 4.79. The summed E-state index contributed by atoms with van der Waals surface area (Å²) in [4.78, 5) is 27.4. The highest BCUT2D eigenvalue weighted by molar-refractivity contribution is 5.92. The van der Waals surface area contributed by atoms with Crippen LogP contribution in [0, 0.1) is 5.92 Å². The zero-order chi connectivity index (χ0) is 17.2. The van der Waals surface area contributed by atoms with Gasteiger partial charge in [0.2, 0.25) is 5.78 Å². The van der Waals surface area contributed by atoms with Crippen molar-refractivity contribution in [1.29, 1.82) is 0 Å². The van der Waals surface area contributed by atoms with Gasteiger partial charge in [-0.05, 0) is 43.6 Å². The van der Waals surface area contributed by atoms with E-state index in [4.69, 9.17) is 0 Å². The summed E-state index contributed by atoms with van der Waals surface area (Å²) >= 11 is 0. The van der Waals surface area contributed by atoms with Crippen molar-refractivity contribution in [3.05, 3.63) is 60.4 Å². The molecule has 1 N–H and O–H groups in total. The van der Waals surface area contributed by atoms with Crippen molar-refractivity contribution >= 4 is 11.7 Å². The molecule has 1 aliphatic heterocycles. The molecule has 3 aromatic rings. The first kappa shape index (κ1) is 15.7. The lowest BCUT2D eigenvalue weighted by Gasteiger charge is -2.25. The lowest BCUT2D eigenvalue weighted by atomic mass is 9.95. The van der Waals surface area contributed by atoms with Crippen LogP contribution in [0.25, 0.3) is 5.78 Å². The average molecular weight is 336 g/mol. The molecule has 1 aliphatic rings. The van der Waals surface area contributed by atoms with E-state index >= 15 is 0 Å². The van der Waals surface area contributed by atoms with Crippen LogP contribution in [0.4, 0.5) is 0 Å². The Kier molecular flexibility index (Phi) is 4.15. The Hall–Kier alpha value is -2.80. The molecule has 0 aromatic carbocycles. The normalized spacial score (nSPS) is 20.8. The maximum absolute atomic E-state index is 12.5. The zero-order valence-corrected chi connectivity index (χ0v) is 14.0. The number of carbonyl (C=O) groups excluding carboxylic acids is 1. The van der Waals surface area contributed by atoms with Gasteiger partial charge in [-0.15, -0.1) is 0 Å². The Bertz CT molecular complexity index is 844. The van der Waals surface area contributed by atoms with Gasteiger partial charge in [0.1, 0.15) is 5.69 Å². The van der Waals surface area contributed by atoms with Gasteiger partial charge in [-0.2, -0.15) is 0 Å². The summed E-state index contributed by atoms with van der Waals surface area (Å²) in [6.07, 6.45) is 9.94. The van der Waals surface area contributed by atoms with Crippen molar-refractivity contribution in [2.75, 3.05) is 20.1 Å². The molecular formula is C18H20N6O. The number of hydrogen-bond acceptors (Lipinski definition) is 5. The van der Waals surface area contributed by atoms with E-state index in [2.05, 4.69) is 38.3 Å². The average Bonchev–Trinajstić information content (AvgIpc) is 3.24. The van der Waals surface area contributed by atoms with Crippen LogP contribution < -0.4 is 5.32 Å². The maximum Gasteiger partial charge on any atom is 0.271 e. The fourth-order valence-electron chi connectivity index (χ4n) is 3.57. The van der Waals surface area contributed by atoms with Gasteiger partial charge in [0.05, 0.1) is 0 Å². The Balaban J connectivity index is 1.45. The Labute approximate surface area is 145 Å². The van der Waals surface area contributed by atoms with Crippen molar-refractivity contribution in [2.24, 2.45) is 5.92 Å². The predicted molar refractivity (Wildman–Crippen MR) is 93.0 cm³/mol. The minimum Gasteiger partial charge on any atom is -0.350 e. The molecule has 4 rings (SSSR count). The molecule has 0 spiro atoms. The zero-order valence-electron chi connectivity index (χ0n) is 14.0. The standard InChI is InChI=1S/C18H20N6O/c1-23-9-5-14(16(23)13-4-2-6-19-10-13)11-21-17(25)15-12-24-8-3-7-20-18(24)22-15/h2-4,6-8,10,12,14,16H,5,9,11H2,1H3,(H,21,25)/t14-,16-/m0/s1. The van der Waals surface area contributed by atoms with E-state index in [1.165, 1.54) is 5.56 Å². The highest BCUT2D eigenvalue weighted by atomic mass is 16.1. The second-order valence-corrected chi connectivity index (χ2v) is 6.42. The highest BCUT2D eigenvalue weighted by Gasteiger charge is 2.33. The number of fused-ring (bicyclic) bond motifs is 1. The van der Waals surface area contributed by atoms with Crippen LogP contribution in [0.3, 0.4) is 0 Å². The quantitative estimate of drug-likeness (QED) is 0.782. The van der Waals surface area contributed by atoms with Crippen LogP contribution in [0.15, 0.2) is 49.2 Å². The molecule has 0 bridgehead atoms. The van der Waals surface area contributed by atoms with Gasteiger partial charge in [-0.1, -0.05) is 6.07 Å². The predicted octanol–water partition coefficient (Wildman–Crippen LogP) is 1.55. The SMILES string of the molecule is CN1CC[C@@H](CNC(=O)c2cn3cccnc3n2)[C@@H]1c1cccnc1. The van der Waals surface area contributed by atoms with Gasteiger partial charge < -0.3 is 5.32 Å². The van der Waals surface area contributed by atoms with Crippen molar-refractivity contribution in [3.63, 3.8) is 0 Å². The maximum atomic E-state index is 12.5. The first-order chi connectivity index (χ1) is 12.2. The monoisotopic (exact) mass is 336 g/mol. The number of nitrogens with zero attached hydrogens (tertiary/aromatic N) is 5. The molecular weight excluding hydrogens is 316 g/mol. The Morgan fingerprint density at radius 3 is 3.08 bits per heavy atom. The van der Waals surface area contributed by atoms with E-state index in [1.54, 1.807) is 23.0 Å². The Morgan fingerprint density at radius 1 is 1.36 bits per heavy atom. The third kappa shape index (κ3) is 3.10. The van der Waals surface area contributed by atoms with E-state index in [9.17, 15) is 4.79 Å². The van der Waals surface area contributed by atoms with Crippen LogP contribution in [-0.2, 0) is 0 Å². The van der Waals surface area contributed by atoms with Crippen LogP contribution in [0.5, 0.6) is 0 Å².